The first-order chi connectivity index (χ1) is 12.7. The summed E-state index contributed by atoms with van der Waals surface area (Å²) in [5.74, 6) is 0.584. The molecular formula is C20H26N2O3S2. The van der Waals surface area contributed by atoms with Gasteiger partial charge in [0.05, 0.1) is 17.2 Å². The Morgan fingerprint density at radius 3 is 2.41 bits per heavy atom. The van der Waals surface area contributed by atoms with Crippen LogP contribution in [0.4, 0.5) is 4.79 Å². The average Bonchev–Trinajstić information content (AvgIpc) is 3.01. The van der Waals surface area contributed by atoms with Gasteiger partial charge < -0.3 is 10.1 Å². The van der Waals surface area contributed by atoms with Crippen molar-refractivity contribution in [2.24, 2.45) is 0 Å². The Balaban J connectivity index is 1.69. The van der Waals surface area contributed by atoms with Crippen molar-refractivity contribution < 1.29 is 14.3 Å². The fourth-order valence-corrected chi connectivity index (χ4v) is 3.61. The number of ether oxygens (including phenoxy) is 1. The molecule has 0 saturated carbocycles. The summed E-state index contributed by atoms with van der Waals surface area (Å²) in [5, 5.41) is 5.60. The number of thiazole rings is 1. The normalized spacial score (nSPS) is 11.3. The summed E-state index contributed by atoms with van der Waals surface area (Å²) >= 11 is 2.87. The highest BCUT2D eigenvalue weighted by Gasteiger charge is 2.16. The Morgan fingerprint density at radius 1 is 1.15 bits per heavy atom. The van der Waals surface area contributed by atoms with Gasteiger partial charge in [0.15, 0.2) is 0 Å². The average molecular weight is 407 g/mol. The summed E-state index contributed by atoms with van der Waals surface area (Å²) in [6, 6.07) is 8.28. The highest BCUT2D eigenvalue weighted by molar-refractivity contribution is 8.13. The van der Waals surface area contributed by atoms with E-state index in [0.717, 1.165) is 29.1 Å². The number of thioether (sulfide) groups is 1. The third-order valence-corrected chi connectivity index (χ3v) is 5.30. The molecule has 0 fully saturated rings. The number of carbonyl (C=O) groups excluding carboxylic acids is 2. The van der Waals surface area contributed by atoms with Gasteiger partial charge >= 0.3 is 6.09 Å². The second-order valence-corrected chi connectivity index (χ2v) is 9.29. The van der Waals surface area contributed by atoms with E-state index in [1.165, 1.54) is 17.3 Å². The summed E-state index contributed by atoms with van der Waals surface area (Å²) in [5.41, 5.74) is 2.91. The summed E-state index contributed by atoms with van der Waals surface area (Å²) in [7, 11) is 0. The van der Waals surface area contributed by atoms with Crippen molar-refractivity contribution in [3.8, 4) is 0 Å². The number of aryl methyl sites for hydroxylation is 3. The lowest BCUT2D eigenvalue weighted by molar-refractivity contribution is -0.110. The van der Waals surface area contributed by atoms with Crippen LogP contribution in [-0.2, 0) is 28.1 Å². The number of hydrogen-bond donors (Lipinski definition) is 1. The lowest BCUT2D eigenvalue weighted by Crippen LogP contribution is -2.34. The molecule has 0 unspecified atom stereocenters. The van der Waals surface area contributed by atoms with Crippen LogP contribution in [0.15, 0.2) is 29.6 Å². The van der Waals surface area contributed by atoms with Crippen LogP contribution in [-0.4, -0.2) is 28.3 Å². The van der Waals surface area contributed by atoms with Crippen molar-refractivity contribution in [1.82, 2.24) is 10.3 Å². The number of benzene rings is 1. The van der Waals surface area contributed by atoms with E-state index < -0.39 is 11.7 Å². The summed E-state index contributed by atoms with van der Waals surface area (Å²) in [6.07, 6.45) is 1.32. The molecule has 0 aliphatic heterocycles. The zero-order valence-electron chi connectivity index (χ0n) is 16.2. The lowest BCUT2D eigenvalue weighted by Gasteiger charge is -2.19. The van der Waals surface area contributed by atoms with Crippen molar-refractivity contribution in [1.29, 1.82) is 0 Å². The molecule has 2 rings (SSSR count). The third-order valence-electron chi connectivity index (χ3n) is 3.54. The maximum atomic E-state index is 11.9. The number of nitrogens with one attached hydrogen (secondary N) is 1. The van der Waals surface area contributed by atoms with E-state index in [0.29, 0.717) is 5.75 Å². The topological polar surface area (TPSA) is 68.3 Å². The molecule has 0 spiro atoms. The van der Waals surface area contributed by atoms with Gasteiger partial charge in [0, 0.05) is 11.1 Å². The van der Waals surface area contributed by atoms with Crippen LogP contribution in [0.5, 0.6) is 0 Å². The first kappa shape index (κ1) is 21.4. The largest absolute Gasteiger partial charge is 0.444 e. The molecule has 5 nitrogen and oxygen atoms in total. The van der Waals surface area contributed by atoms with E-state index in [2.05, 4.69) is 27.8 Å². The number of hydrogen-bond acceptors (Lipinski definition) is 6. The van der Waals surface area contributed by atoms with E-state index in [1.807, 2.05) is 19.1 Å². The third kappa shape index (κ3) is 8.58. The van der Waals surface area contributed by atoms with Crippen LogP contribution in [0.3, 0.4) is 0 Å². The van der Waals surface area contributed by atoms with Gasteiger partial charge in [-0.05, 0) is 51.7 Å². The molecule has 1 aromatic heterocycles. The second kappa shape index (κ2) is 9.90. The summed E-state index contributed by atoms with van der Waals surface area (Å²) < 4.78 is 5.10. The van der Waals surface area contributed by atoms with Gasteiger partial charge in [-0.1, -0.05) is 36.0 Å². The van der Waals surface area contributed by atoms with E-state index >= 15 is 0 Å². The Morgan fingerprint density at radius 2 is 1.81 bits per heavy atom. The van der Waals surface area contributed by atoms with E-state index in [9.17, 15) is 9.59 Å². The monoisotopic (exact) mass is 406 g/mol. The van der Waals surface area contributed by atoms with Gasteiger partial charge in [-0.3, -0.25) is 4.79 Å². The zero-order chi connectivity index (χ0) is 19.9. The molecule has 0 bridgehead atoms. The van der Waals surface area contributed by atoms with E-state index in [1.54, 1.807) is 32.1 Å². The van der Waals surface area contributed by atoms with Gasteiger partial charge in [0.1, 0.15) is 5.60 Å². The highest BCUT2D eigenvalue weighted by atomic mass is 32.2. The second-order valence-electron chi connectivity index (χ2n) is 7.19. The molecule has 1 heterocycles. The minimum Gasteiger partial charge on any atom is -0.444 e. The molecule has 0 atom stereocenters. The van der Waals surface area contributed by atoms with Crippen molar-refractivity contribution in [3.05, 3.63) is 51.5 Å². The molecule has 146 valence electrons. The molecule has 27 heavy (non-hydrogen) atoms. The molecule has 2 aromatic rings. The molecule has 0 aliphatic carbocycles. The first-order valence-electron chi connectivity index (χ1n) is 8.82. The van der Waals surface area contributed by atoms with Crippen LogP contribution in [0.25, 0.3) is 0 Å². The Labute approximate surface area is 168 Å². The zero-order valence-corrected chi connectivity index (χ0v) is 17.8. The smallest absolute Gasteiger partial charge is 0.408 e. The van der Waals surface area contributed by atoms with E-state index in [4.69, 9.17) is 4.74 Å². The van der Waals surface area contributed by atoms with Gasteiger partial charge in [-0.2, -0.15) is 0 Å². The van der Waals surface area contributed by atoms with Crippen molar-refractivity contribution >= 4 is 34.3 Å². The number of carbonyl (C=O) groups is 2. The fraction of sp³-hybridized carbons (Fsp3) is 0.450. The molecular weight excluding hydrogens is 380 g/mol. The highest BCUT2D eigenvalue weighted by Crippen LogP contribution is 2.16. The number of rotatable bonds is 7. The Hall–Kier alpha value is -1.86. The van der Waals surface area contributed by atoms with Crippen LogP contribution in [0.2, 0.25) is 0 Å². The van der Waals surface area contributed by atoms with Crippen LogP contribution in [0.1, 0.15) is 42.6 Å². The predicted octanol–water partition coefficient (Wildman–Crippen LogP) is 4.52. The van der Waals surface area contributed by atoms with Crippen LogP contribution < -0.4 is 5.32 Å². The summed E-state index contributed by atoms with van der Waals surface area (Å²) in [4.78, 5) is 27.9. The maximum absolute atomic E-state index is 11.9. The van der Waals surface area contributed by atoms with Crippen LogP contribution in [0, 0.1) is 6.92 Å². The Bertz CT molecular complexity index is 764. The molecule has 7 heteroatoms. The minimum atomic E-state index is -0.573. The Kier molecular flexibility index (Phi) is 7.86. The number of alkyl carbamates (subject to hydrolysis) is 1. The predicted molar refractivity (Wildman–Crippen MR) is 111 cm³/mol. The maximum Gasteiger partial charge on any atom is 0.408 e. The van der Waals surface area contributed by atoms with Crippen LogP contribution >= 0.6 is 23.1 Å². The first-order valence-corrected chi connectivity index (χ1v) is 10.7. The standard InChI is InChI=1S/C20H26N2O3S2/c1-14-22-17(13-26-14)10-9-15-5-7-16(8-6-15)12-27-18(23)11-21-19(24)25-20(2,3)4/h5-8,13H,9-12H2,1-4H3,(H,21,24). The molecule has 1 amide bonds. The molecule has 0 saturated heterocycles. The van der Waals surface area contributed by atoms with Crippen molar-refractivity contribution in [2.45, 2.75) is 51.9 Å². The van der Waals surface area contributed by atoms with Crippen molar-refractivity contribution in [2.75, 3.05) is 6.54 Å². The number of amides is 1. The molecule has 1 aromatic carbocycles. The fourth-order valence-electron chi connectivity index (χ4n) is 2.27. The molecule has 1 N–H and O–H groups in total. The van der Waals surface area contributed by atoms with Gasteiger partial charge in [0.2, 0.25) is 5.12 Å². The lowest BCUT2D eigenvalue weighted by atomic mass is 10.1. The quantitative estimate of drug-likeness (QED) is 0.732. The SMILES string of the molecule is Cc1nc(CCc2ccc(CSC(=O)CNC(=O)OC(C)(C)C)cc2)cs1. The number of nitrogens with zero attached hydrogens (tertiary/aromatic N) is 1. The minimum absolute atomic E-state index is 0.0370. The van der Waals surface area contributed by atoms with Gasteiger partial charge in [-0.15, -0.1) is 11.3 Å². The number of aromatic nitrogens is 1. The summed E-state index contributed by atoms with van der Waals surface area (Å²) in [6.45, 7) is 7.33. The molecule has 0 radical (unpaired) electrons. The van der Waals surface area contributed by atoms with E-state index in [-0.39, 0.29) is 11.7 Å². The molecule has 0 aliphatic rings. The van der Waals surface area contributed by atoms with Crippen molar-refractivity contribution in [3.63, 3.8) is 0 Å². The van der Waals surface area contributed by atoms with Gasteiger partial charge in [0.25, 0.3) is 0 Å². The van der Waals surface area contributed by atoms with Gasteiger partial charge in [-0.25, -0.2) is 9.78 Å².